The molecule has 0 unspecified atom stereocenters. The van der Waals surface area contributed by atoms with E-state index in [0.29, 0.717) is 23.0 Å². The van der Waals surface area contributed by atoms with Crippen LogP contribution in [0.4, 0.5) is 4.39 Å². The molecule has 8 nitrogen and oxygen atoms in total. The third-order valence-corrected chi connectivity index (χ3v) is 6.34. The molecule has 0 saturated carbocycles. The van der Waals surface area contributed by atoms with Crippen molar-refractivity contribution in [1.82, 2.24) is 19.8 Å². The van der Waals surface area contributed by atoms with Crippen LogP contribution in [0.3, 0.4) is 0 Å². The minimum Gasteiger partial charge on any atom is -0.497 e. The molecule has 34 heavy (non-hydrogen) atoms. The number of ether oxygens (including phenoxy) is 1. The Kier molecular flexibility index (Phi) is 6.13. The molecule has 2 aromatic carbocycles. The van der Waals surface area contributed by atoms with Gasteiger partial charge in [-0.15, -0.1) is 10.2 Å². The van der Waals surface area contributed by atoms with Gasteiger partial charge in [-0.25, -0.2) is 9.40 Å². The number of aromatic nitrogens is 3. The lowest BCUT2D eigenvalue weighted by molar-refractivity contribution is -0.130. The number of hydrazone groups is 1. The van der Waals surface area contributed by atoms with Gasteiger partial charge in [-0.1, -0.05) is 23.9 Å². The Morgan fingerprint density at radius 3 is 2.74 bits per heavy atom. The van der Waals surface area contributed by atoms with Crippen molar-refractivity contribution >= 4 is 23.4 Å². The molecule has 0 aliphatic carbocycles. The van der Waals surface area contributed by atoms with Gasteiger partial charge in [0.05, 0.1) is 30.5 Å². The largest absolute Gasteiger partial charge is 0.497 e. The van der Waals surface area contributed by atoms with E-state index < -0.39 is 5.82 Å². The van der Waals surface area contributed by atoms with Gasteiger partial charge < -0.3 is 9.15 Å². The summed E-state index contributed by atoms with van der Waals surface area (Å²) in [5.41, 5.74) is 1.99. The van der Waals surface area contributed by atoms with Crippen molar-refractivity contribution in [2.75, 3.05) is 12.9 Å². The van der Waals surface area contributed by atoms with Crippen LogP contribution < -0.4 is 4.74 Å². The minimum absolute atomic E-state index is 0.0454. The van der Waals surface area contributed by atoms with Gasteiger partial charge in [-0.05, 0) is 54.1 Å². The Labute approximate surface area is 199 Å². The second kappa shape index (κ2) is 9.52. The molecule has 2 aromatic heterocycles. The highest BCUT2D eigenvalue weighted by Crippen LogP contribution is 2.34. The number of nitrogens with zero attached hydrogens (tertiary/aromatic N) is 5. The standard InChI is InChI=1S/C24H20FN5O3S/c1-32-17-10-8-16(9-11-17)19-13-21(22-7-4-12-33-22)30(28-19)23(31)14-34-24-27-26-15-29(24)20-6-3-2-5-18(20)25/h2-12,15,21H,13-14H2,1H3/t21-/m0/s1. The second-order valence-corrected chi connectivity index (χ2v) is 8.41. The van der Waals surface area contributed by atoms with E-state index in [9.17, 15) is 9.18 Å². The number of amides is 1. The summed E-state index contributed by atoms with van der Waals surface area (Å²) in [6.45, 7) is 0. The Hall–Kier alpha value is -3.92. The molecule has 1 amide bonds. The predicted octanol–water partition coefficient (Wildman–Crippen LogP) is 4.48. The van der Waals surface area contributed by atoms with E-state index in [1.807, 2.05) is 30.3 Å². The summed E-state index contributed by atoms with van der Waals surface area (Å²) < 4.78 is 26.6. The van der Waals surface area contributed by atoms with Gasteiger partial charge in [-0.2, -0.15) is 5.10 Å². The average Bonchev–Trinajstić information content (AvgIpc) is 3.63. The Morgan fingerprint density at radius 1 is 1.18 bits per heavy atom. The number of furan rings is 1. The van der Waals surface area contributed by atoms with Crippen LogP contribution in [0.5, 0.6) is 5.75 Å². The maximum Gasteiger partial charge on any atom is 0.253 e. The lowest BCUT2D eigenvalue weighted by atomic mass is 10.0. The molecule has 0 radical (unpaired) electrons. The fraction of sp³-hybridized carbons (Fsp3) is 0.167. The number of hydrogen-bond donors (Lipinski definition) is 0. The molecule has 0 N–H and O–H groups in total. The van der Waals surface area contributed by atoms with E-state index in [0.717, 1.165) is 17.0 Å². The zero-order valence-corrected chi connectivity index (χ0v) is 19.0. The van der Waals surface area contributed by atoms with Gasteiger partial charge in [0.15, 0.2) is 5.16 Å². The van der Waals surface area contributed by atoms with Gasteiger partial charge in [-0.3, -0.25) is 9.36 Å². The zero-order valence-electron chi connectivity index (χ0n) is 18.2. The van der Waals surface area contributed by atoms with Gasteiger partial charge in [0.2, 0.25) is 0 Å². The SMILES string of the molecule is COc1ccc(C2=NN(C(=O)CSc3nncn3-c3ccccc3F)[C@H](c3ccco3)C2)cc1. The molecule has 0 saturated heterocycles. The van der Waals surface area contributed by atoms with Crippen molar-refractivity contribution in [3.63, 3.8) is 0 Å². The molecule has 0 bridgehead atoms. The molecule has 172 valence electrons. The molecule has 0 spiro atoms. The highest BCUT2D eigenvalue weighted by molar-refractivity contribution is 7.99. The first-order valence-electron chi connectivity index (χ1n) is 10.5. The monoisotopic (exact) mass is 477 g/mol. The Balaban J connectivity index is 1.36. The molecule has 3 heterocycles. The summed E-state index contributed by atoms with van der Waals surface area (Å²) >= 11 is 1.17. The van der Waals surface area contributed by atoms with Gasteiger partial charge in [0.25, 0.3) is 5.91 Å². The minimum atomic E-state index is -0.401. The van der Waals surface area contributed by atoms with Crippen molar-refractivity contribution < 1.29 is 18.3 Å². The lowest BCUT2D eigenvalue weighted by Crippen LogP contribution is -2.28. The summed E-state index contributed by atoms with van der Waals surface area (Å²) in [5.74, 6) is 0.817. The number of rotatable bonds is 7. The highest BCUT2D eigenvalue weighted by Gasteiger charge is 2.35. The van der Waals surface area contributed by atoms with Crippen LogP contribution in [-0.4, -0.2) is 44.3 Å². The number of carbonyl (C=O) groups is 1. The molecule has 0 fully saturated rings. The second-order valence-electron chi connectivity index (χ2n) is 7.47. The smallest absolute Gasteiger partial charge is 0.253 e. The zero-order chi connectivity index (χ0) is 23.5. The molecule has 1 aliphatic heterocycles. The Morgan fingerprint density at radius 2 is 2.00 bits per heavy atom. The highest BCUT2D eigenvalue weighted by atomic mass is 32.2. The van der Waals surface area contributed by atoms with E-state index in [1.54, 1.807) is 37.6 Å². The molecular formula is C24H20FN5O3S. The summed E-state index contributed by atoms with van der Waals surface area (Å²) in [6.07, 6.45) is 3.52. The first-order valence-corrected chi connectivity index (χ1v) is 11.5. The fourth-order valence-corrected chi connectivity index (χ4v) is 4.50. The maximum absolute atomic E-state index is 14.2. The first-order chi connectivity index (χ1) is 16.6. The van der Waals surface area contributed by atoms with Crippen molar-refractivity contribution in [2.45, 2.75) is 17.6 Å². The quantitative estimate of drug-likeness (QED) is 0.365. The van der Waals surface area contributed by atoms with Crippen molar-refractivity contribution in [2.24, 2.45) is 5.10 Å². The van der Waals surface area contributed by atoms with E-state index >= 15 is 0 Å². The molecular weight excluding hydrogens is 457 g/mol. The van der Waals surface area contributed by atoms with E-state index in [-0.39, 0.29) is 17.7 Å². The normalized spacial score (nSPS) is 15.4. The summed E-state index contributed by atoms with van der Waals surface area (Å²) in [7, 11) is 1.61. The lowest BCUT2D eigenvalue weighted by Gasteiger charge is -2.19. The molecule has 1 aliphatic rings. The van der Waals surface area contributed by atoms with E-state index in [2.05, 4.69) is 15.3 Å². The maximum atomic E-state index is 14.2. The van der Waals surface area contributed by atoms with E-state index in [4.69, 9.17) is 9.15 Å². The number of para-hydroxylation sites is 1. The topological polar surface area (TPSA) is 85.8 Å². The number of carbonyl (C=O) groups excluding carboxylic acids is 1. The van der Waals surface area contributed by atoms with E-state index in [1.165, 1.54) is 33.7 Å². The van der Waals surface area contributed by atoms with Crippen LogP contribution in [0.25, 0.3) is 5.69 Å². The van der Waals surface area contributed by atoms with Crippen molar-refractivity contribution in [3.05, 3.63) is 90.4 Å². The third-order valence-electron chi connectivity index (χ3n) is 5.41. The van der Waals surface area contributed by atoms with Crippen LogP contribution in [0.2, 0.25) is 0 Å². The number of thioether (sulfide) groups is 1. The number of hydrogen-bond acceptors (Lipinski definition) is 7. The van der Waals surface area contributed by atoms with Gasteiger partial charge >= 0.3 is 0 Å². The van der Waals surface area contributed by atoms with Gasteiger partial charge in [0.1, 0.15) is 29.7 Å². The average molecular weight is 478 g/mol. The fourth-order valence-electron chi connectivity index (χ4n) is 3.73. The molecule has 10 heteroatoms. The van der Waals surface area contributed by atoms with Gasteiger partial charge in [0, 0.05) is 6.42 Å². The van der Waals surface area contributed by atoms with Crippen molar-refractivity contribution in [1.29, 1.82) is 0 Å². The van der Waals surface area contributed by atoms with Crippen LogP contribution in [0.15, 0.2) is 87.9 Å². The van der Waals surface area contributed by atoms with Crippen LogP contribution in [-0.2, 0) is 4.79 Å². The Bertz CT molecular complexity index is 1320. The summed E-state index contributed by atoms with van der Waals surface area (Å²) in [5, 5.41) is 14.4. The predicted molar refractivity (Wildman–Crippen MR) is 124 cm³/mol. The molecule has 5 rings (SSSR count). The number of halogens is 1. The molecule has 1 atom stereocenters. The van der Waals surface area contributed by atoms with Crippen LogP contribution >= 0.6 is 11.8 Å². The summed E-state index contributed by atoms with van der Waals surface area (Å²) in [4.78, 5) is 13.2. The third kappa shape index (κ3) is 4.32. The van der Waals surface area contributed by atoms with Crippen LogP contribution in [0, 0.1) is 5.82 Å². The number of methoxy groups -OCH3 is 1. The number of benzene rings is 2. The van der Waals surface area contributed by atoms with Crippen LogP contribution in [0.1, 0.15) is 23.8 Å². The summed E-state index contributed by atoms with van der Waals surface area (Å²) in [6, 6.07) is 17.1. The van der Waals surface area contributed by atoms with Crippen molar-refractivity contribution in [3.8, 4) is 11.4 Å². The first kappa shape index (κ1) is 21.9. The molecule has 4 aromatic rings.